The molecule has 4 heterocycles. The number of nitrogens with zero attached hydrogens (tertiary/aromatic N) is 4. The first-order chi connectivity index (χ1) is 17.2. The summed E-state index contributed by atoms with van der Waals surface area (Å²) < 4.78 is 30.3. The summed E-state index contributed by atoms with van der Waals surface area (Å²) in [5.41, 5.74) is 1.74. The molecule has 1 unspecified atom stereocenters. The van der Waals surface area contributed by atoms with Crippen molar-refractivity contribution in [2.45, 2.75) is 57.3 Å². The van der Waals surface area contributed by atoms with Crippen molar-refractivity contribution in [3.05, 3.63) is 56.8 Å². The van der Waals surface area contributed by atoms with E-state index < -0.39 is 40.8 Å². The highest BCUT2D eigenvalue weighted by molar-refractivity contribution is 7.09. The van der Waals surface area contributed by atoms with Gasteiger partial charge in [0.15, 0.2) is 5.82 Å². The van der Waals surface area contributed by atoms with Crippen molar-refractivity contribution < 1.29 is 23.2 Å². The van der Waals surface area contributed by atoms with Gasteiger partial charge < -0.3 is 15.2 Å². The van der Waals surface area contributed by atoms with Crippen LogP contribution in [0.5, 0.6) is 0 Å². The van der Waals surface area contributed by atoms with Crippen LogP contribution in [-0.4, -0.2) is 37.3 Å². The fourth-order valence-corrected chi connectivity index (χ4v) is 6.00. The number of halogens is 2. The summed E-state index contributed by atoms with van der Waals surface area (Å²) in [6.07, 6.45) is 2.37. The standard InChI is InChI=1S/C24H22F2N6O3S/c1-10-16(20(33)22(35)30-24(4-5-24)23-31-28-9-36-23)15-8-12-7-14(12)32(15)19(10)21(34)29-13-3-6-27-18(11(2)25)17(13)26/h3,6,9,11-12,14H,4-5,7-8H2,1-2H3,(H,30,35)(H,27,29,34)/t11?,12-,14-/m1/s1. The number of fused-ring (bicyclic) bond motifs is 3. The summed E-state index contributed by atoms with van der Waals surface area (Å²) in [5, 5.41) is 13.9. The quantitative estimate of drug-likeness (QED) is 0.369. The minimum atomic E-state index is -1.65. The van der Waals surface area contributed by atoms with Crippen LogP contribution in [0.25, 0.3) is 0 Å². The molecule has 0 radical (unpaired) electrons. The first-order valence-corrected chi connectivity index (χ1v) is 12.6. The van der Waals surface area contributed by atoms with E-state index in [2.05, 4.69) is 25.8 Å². The number of nitrogens with one attached hydrogen (secondary N) is 2. The molecule has 0 bridgehead atoms. The second kappa shape index (κ2) is 7.99. The molecule has 3 aromatic heterocycles. The van der Waals surface area contributed by atoms with Crippen LogP contribution in [0.15, 0.2) is 17.8 Å². The van der Waals surface area contributed by atoms with E-state index in [4.69, 9.17) is 0 Å². The summed E-state index contributed by atoms with van der Waals surface area (Å²) >= 11 is 1.32. The monoisotopic (exact) mass is 512 g/mol. The molecule has 2 N–H and O–H groups in total. The van der Waals surface area contributed by atoms with Crippen molar-refractivity contribution in [2.75, 3.05) is 5.32 Å². The number of pyridine rings is 1. The van der Waals surface area contributed by atoms with E-state index in [1.807, 2.05) is 4.57 Å². The fraction of sp³-hybridized carbons (Fsp3) is 0.417. The van der Waals surface area contributed by atoms with E-state index in [-0.39, 0.29) is 23.0 Å². The number of amides is 2. The van der Waals surface area contributed by atoms with Crippen molar-refractivity contribution in [2.24, 2.45) is 5.92 Å². The lowest BCUT2D eigenvalue weighted by atomic mass is 10.0. The molecule has 3 atom stereocenters. The summed E-state index contributed by atoms with van der Waals surface area (Å²) in [4.78, 5) is 43.5. The maximum Gasteiger partial charge on any atom is 0.293 e. The highest BCUT2D eigenvalue weighted by Gasteiger charge is 2.52. The number of ketones is 1. The molecule has 3 aromatic rings. The molecule has 0 spiro atoms. The Hall–Kier alpha value is -3.54. The zero-order valence-corrected chi connectivity index (χ0v) is 20.3. The normalized spacial score (nSPS) is 21.3. The Morgan fingerprint density at radius 1 is 1.31 bits per heavy atom. The number of Topliss-reactive ketones (excluding diaryl/α,β-unsaturated/α-hetero) is 1. The van der Waals surface area contributed by atoms with Gasteiger partial charge >= 0.3 is 0 Å². The van der Waals surface area contributed by atoms with E-state index in [9.17, 15) is 23.2 Å². The van der Waals surface area contributed by atoms with Crippen molar-refractivity contribution in [3.63, 3.8) is 0 Å². The lowest BCUT2D eigenvalue weighted by molar-refractivity contribution is -0.118. The second-order valence-corrected chi connectivity index (χ2v) is 10.5. The van der Waals surface area contributed by atoms with E-state index in [0.29, 0.717) is 41.4 Å². The van der Waals surface area contributed by atoms with Gasteiger partial charge in [0.2, 0.25) is 0 Å². The lowest BCUT2D eigenvalue weighted by Gasteiger charge is -2.14. The number of rotatable bonds is 7. The number of hydrogen-bond acceptors (Lipinski definition) is 7. The minimum Gasteiger partial charge on any atom is -0.337 e. The molecule has 9 nitrogen and oxygen atoms in total. The zero-order chi connectivity index (χ0) is 25.4. The van der Waals surface area contributed by atoms with Gasteiger partial charge in [0, 0.05) is 17.9 Å². The van der Waals surface area contributed by atoms with Crippen LogP contribution in [0.2, 0.25) is 0 Å². The van der Waals surface area contributed by atoms with Gasteiger partial charge in [0.25, 0.3) is 17.6 Å². The Balaban J connectivity index is 1.32. The zero-order valence-electron chi connectivity index (χ0n) is 19.5. The molecule has 12 heteroatoms. The summed E-state index contributed by atoms with van der Waals surface area (Å²) in [5.74, 6) is -2.74. The molecule has 1 aliphatic heterocycles. The number of hydrogen-bond donors (Lipinski definition) is 2. The topological polar surface area (TPSA) is 119 Å². The summed E-state index contributed by atoms with van der Waals surface area (Å²) in [6, 6.07) is 1.31. The third-order valence-corrected chi connectivity index (χ3v) is 8.18. The highest BCUT2D eigenvalue weighted by atomic mass is 32.1. The molecule has 0 aromatic carbocycles. The van der Waals surface area contributed by atoms with E-state index >= 15 is 0 Å². The molecule has 186 valence electrons. The third kappa shape index (κ3) is 3.46. The van der Waals surface area contributed by atoms with Crippen LogP contribution in [0.4, 0.5) is 14.5 Å². The molecule has 2 saturated carbocycles. The Labute approximate surface area is 208 Å². The molecule has 2 amide bonds. The number of carbonyl (C=O) groups excluding carboxylic acids is 3. The molecular weight excluding hydrogens is 490 g/mol. The Bertz CT molecular complexity index is 1430. The van der Waals surface area contributed by atoms with Gasteiger partial charge in [-0.1, -0.05) is 0 Å². The van der Waals surface area contributed by atoms with Crippen molar-refractivity contribution in [3.8, 4) is 0 Å². The first kappa shape index (κ1) is 22.9. The maximum atomic E-state index is 14.7. The van der Waals surface area contributed by atoms with Gasteiger partial charge in [-0.25, -0.2) is 8.78 Å². The third-order valence-electron chi connectivity index (χ3n) is 7.28. The van der Waals surface area contributed by atoms with Gasteiger partial charge in [-0.3, -0.25) is 19.4 Å². The number of carbonyl (C=O) groups is 3. The average Bonchev–Trinajstić information content (AvgIpc) is 3.62. The van der Waals surface area contributed by atoms with Gasteiger partial charge in [-0.2, -0.15) is 0 Å². The van der Waals surface area contributed by atoms with Gasteiger partial charge in [-0.05, 0) is 57.1 Å². The smallest absolute Gasteiger partial charge is 0.293 e. The van der Waals surface area contributed by atoms with Crippen molar-refractivity contribution in [1.82, 2.24) is 25.1 Å². The number of aromatic nitrogens is 4. The molecule has 3 aliphatic rings. The highest BCUT2D eigenvalue weighted by Crippen LogP contribution is 2.54. The Morgan fingerprint density at radius 2 is 2.08 bits per heavy atom. The second-order valence-electron chi connectivity index (χ2n) is 9.67. The van der Waals surface area contributed by atoms with Gasteiger partial charge in [0.05, 0.1) is 16.8 Å². The van der Waals surface area contributed by atoms with Crippen LogP contribution in [0.1, 0.15) is 81.2 Å². The van der Waals surface area contributed by atoms with Crippen LogP contribution in [-0.2, 0) is 16.8 Å². The molecule has 2 aliphatic carbocycles. The largest absolute Gasteiger partial charge is 0.337 e. The van der Waals surface area contributed by atoms with Crippen molar-refractivity contribution >= 4 is 34.6 Å². The van der Waals surface area contributed by atoms with E-state index in [1.54, 1.807) is 12.4 Å². The first-order valence-electron chi connectivity index (χ1n) is 11.7. The average molecular weight is 513 g/mol. The SMILES string of the molecule is Cc1c(C(=O)C(=O)NC2(c3nncs3)CC2)c2n(c1C(=O)Nc1ccnc(C(C)F)c1F)[C@@H]1C[C@@H]1C2. The van der Waals surface area contributed by atoms with Crippen LogP contribution < -0.4 is 10.6 Å². The predicted octanol–water partition coefficient (Wildman–Crippen LogP) is 3.57. The molecule has 2 fully saturated rings. The molecule has 36 heavy (non-hydrogen) atoms. The predicted molar refractivity (Wildman–Crippen MR) is 125 cm³/mol. The Morgan fingerprint density at radius 3 is 2.75 bits per heavy atom. The maximum absolute atomic E-state index is 14.7. The van der Waals surface area contributed by atoms with Gasteiger partial charge in [0.1, 0.15) is 28.1 Å². The minimum absolute atomic E-state index is 0.0592. The Kier molecular flexibility index (Phi) is 5.08. The number of alkyl halides is 1. The molecular formula is C24H22F2N6O3S. The molecule has 6 rings (SSSR count). The van der Waals surface area contributed by atoms with Gasteiger partial charge in [-0.15, -0.1) is 21.5 Å². The van der Waals surface area contributed by atoms with Crippen molar-refractivity contribution in [1.29, 1.82) is 0 Å². The van der Waals surface area contributed by atoms with Crippen LogP contribution in [0.3, 0.4) is 0 Å². The number of anilines is 1. The summed E-state index contributed by atoms with van der Waals surface area (Å²) in [7, 11) is 0. The van der Waals surface area contributed by atoms with E-state index in [1.165, 1.54) is 23.6 Å². The van der Waals surface area contributed by atoms with Crippen LogP contribution in [0, 0.1) is 18.7 Å². The molecule has 0 saturated heterocycles. The van der Waals surface area contributed by atoms with E-state index in [0.717, 1.165) is 13.3 Å². The fourth-order valence-electron chi connectivity index (χ4n) is 5.24. The lowest BCUT2D eigenvalue weighted by Crippen LogP contribution is -2.39. The summed E-state index contributed by atoms with van der Waals surface area (Å²) in [6.45, 7) is 2.78. The van der Waals surface area contributed by atoms with Crippen LogP contribution >= 0.6 is 11.3 Å².